The number of nitrogens with one attached hydrogen (secondary N) is 1. The van der Waals surface area contributed by atoms with Crippen LogP contribution in [0.25, 0.3) is 0 Å². The van der Waals surface area contributed by atoms with Crippen molar-refractivity contribution in [2.75, 3.05) is 32.1 Å². The highest BCUT2D eigenvalue weighted by Gasteiger charge is 2.08. The summed E-state index contributed by atoms with van der Waals surface area (Å²) in [7, 11) is 3.85. The van der Waals surface area contributed by atoms with Crippen LogP contribution >= 0.6 is 0 Å². The Morgan fingerprint density at radius 2 is 2.11 bits per heavy atom. The molecule has 1 N–H and O–H groups in total. The first-order chi connectivity index (χ1) is 8.54. The smallest absolute Gasteiger partial charge is 0.123 e. The van der Waals surface area contributed by atoms with Gasteiger partial charge in [-0.15, -0.1) is 0 Å². The summed E-state index contributed by atoms with van der Waals surface area (Å²) in [4.78, 5) is 2.09. The minimum Gasteiger partial charge on any atom is -0.377 e. The van der Waals surface area contributed by atoms with E-state index in [9.17, 15) is 4.39 Å². The molecule has 0 saturated heterocycles. The van der Waals surface area contributed by atoms with Crippen LogP contribution in [0.15, 0.2) is 18.2 Å². The fraction of sp³-hybridized carbons (Fsp3) is 0.571. The van der Waals surface area contributed by atoms with Gasteiger partial charge in [0.25, 0.3) is 0 Å². The van der Waals surface area contributed by atoms with Crippen molar-refractivity contribution < 1.29 is 9.13 Å². The van der Waals surface area contributed by atoms with Crippen LogP contribution in [0.5, 0.6) is 0 Å². The van der Waals surface area contributed by atoms with Crippen LogP contribution in [-0.2, 0) is 11.3 Å². The lowest BCUT2D eigenvalue weighted by atomic mass is 10.1. The van der Waals surface area contributed by atoms with E-state index in [2.05, 4.69) is 10.2 Å². The summed E-state index contributed by atoms with van der Waals surface area (Å²) >= 11 is 0. The number of likely N-dealkylation sites (N-methyl/N-ethyl adjacent to an activating group) is 1. The maximum atomic E-state index is 13.2. The molecule has 1 aromatic carbocycles. The molecule has 1 aromatic rings. The molecule has 0 unspecified atom stereocenters. The maximum absolute atomic E-state index is 13.2. The number of rotatable bonds is 7. The largest absolute Gasteiger partial charge is 0.377 e. The highest BCUT2D eigenvalue weighted by Crippen LogP contribution is 2.20. The molecule has 0 heterocycles. The van der Waals surface area contributed by atoms with Crippen LogP contribution < -0.4 is 10.2 Å². The molecule has 0 saturated carbocycles. The Labute approximate surface area is 109 Å². The highest BCUT2D eigenvalue weighted by molar-refractivity contribution is 5.53. The first kappa shape index (κ1) is 14.9. The first-order valence-corrected chi connectivity index (χ1v) is 6.30. The fourth-order valence-electron chi connectivity index (χ4n) is 1.80. The van der Waals surface area contributed by atoms with Crippen molar-refractivity contribution >= 4 is 5.69 Å². The highest BCUT2D eigenvalue weighted by atomic mass is 19.1. The Morgan fingerprint density at radius 3 is 2.72 bits per heavy atom. The fourth-order valence-corrected chi connectivity index (χ4v) is 1.80. The zero-order valence-electron chi connectivity index (χ0n) is 11.7. The van der Waals surface area contributed by atoms with E-state index in [-0.39, 0.29) is 11.9 Å². The minimum atomic E-state index is -0.198. The predicted molar refractivity (Wildman–Crippen MR) is 73.5 cm³/mol. The second-order valence-electron chi connectivity index (χ2n) is 4.64. The van der Waals surface area contributed by atoms with Gasteiger partial charge in [0.2, 0.25) is 0 Å². The molecule has 1 rings (SSSR count). The third-order valence-corrected chi connectivity index (χ3v) is 2.70. The topological polar surface area (TPSA) is 24.5 Å². The molecular weight excluding hydrogens is 231 g/mol. The molecule has 0 aliphatic heterocycles. The third-order valence-electron chi connectivity index (χ3n) is 2.70. The molecule has 0 aliphatic rings. The summed E-state index contributed by atoms with van der Waals surface area (Å²) in [5.41, 5.74) is 2.00. The van der Waals surface area contributed by atoms with E-state index in [1.165, 1.54) is 6.07 Å². The first-order valence-electron chi connectivity index (χ1n) is 6.30. The summed E-state index contributed by atoms with van der Waals surface area (Å²) in [5, 5.41) is 3.06. The standard InChI is InChI=1S/C14H23FN2O/c1-11(2)18-8-7-17(4)14-6-5-13(15)9-12(14)10-16-3/h5-6,9,11,16H,7-8,10H2,1-4H3. The van der Waals surface area contributed by atoms with Crippen LogP contribution in [-0.4, -0.2) is 33.4 Å². The van der Waals surface area contributed by atoms with E-state index in [0.29, 0.717) is 13.2 Å². The van der Waals surface area contributed by atoms with Crippen molar-refractivity contribution in [2.24, 2.45) is 0 Å². The quantitative estimate of drug-likeness (QED) is 0.808. The van der Waals surface area contributed by atoms with Gasteiger partial charge in [0.1, 0.15) is 5.82 Å². The second-order valence-corrected chi connectivity index (χ2v) is 4.64. The Morgan fingerprint density at radius 1 is 1.39 bits per heavy atom. The molecule has 0 amide bonds. The number of hydrogen-bond acceptors (Lipinski definition) is 3. The van der Waals surface area contributed by atoms with Crippen LogP contribution in [0, 0.1) is 5.82 Å². The zero-order valence-corrected chi connectivity index (χ0v) is 11.7. The van der Waals surface area contributed by atoms with Crippen molar-refractivity contribution in [1.82, 2.24) is 5.32 Å². The monoisotopic (exact) mass is 254 g/mol. The van der Waals surface area contributed by atoms with Crippen LogP contribution in [0.2, 0.25) is 0 Å². The number of nitrogens with zero attached hydrogens (tertiary/aromatic N) is 1. The van der Waals surface area contributed by atoms with Crippen molar-refractivity contribution in [2.45, 2.75) is 26.5 Å². The molecule has 4 heteroatoms. The molecule has 3 nitrogen and oxygen atoms in total. The molecule has 102 valence electrons. The SMILES string of the molecule is CNCc1cc(F)ccc1N(C)CCOC(C)C. The van der Waals surface area contributed by atoms with Gasteiger partial charge < -0.3 is 15.0 Å². The van der Waals surface area contributed by atoms with Gasteiger partial charge in [0.15, 0.2) is 0 Å². The average Bonchev–Trinajstić information content (AvgIpc) is 2.29. The molecule has 0 atom stereocenters. The Kier molecular flexibility index (Phi) is 6.09. The van der Waals surface area contributed by atoms with Gasteiger partial charge in [-0.25, -0.2) is 4.39 Å². The van der Waals surface area contributed by atoms with E-state index in [1.807, 2.05) is 34.0 Å². The molecule has 0 aliphatic carbocycles. The molecule has 18 heavy (non-hydrogen) atoms. The number of ether oxygens (including phenoxy) is 1. The number of anilines is 1. The van der Waals surface area contributed by atoms with Gasteiger partial charge in [0, 0.05) is 25.8 Å². The Bertz CT molecular complexity index is 369. The van der Waals surface area contributed by atoms with Gasteiger partial charge >= 0.3 is 0 Å². The molecule has 0 bridgehead atoms. The van der Waals surface area contributed by atoms with E-state index in [4.69, 9.17) is 4.74 Å². The Balaban J connectivity index is 2.68. The zero-order chi connectivity index (χ0) is 13.5. The van der Waals surface area contributed by atoms with Gasteiger partial charge in [-0.2, -0.15) is 0 Å². The number of hydrogen-bond donors (Lipinski definition) is 1. The molecule has 0 aromatic heterocycles. The number of benzene rings is 1. The lowest BCUT2D eigenvalue weighted by molar-refractivity contribution is 0.0846. The third kappa shape index (κ3) is 4.63. The predicted octanol–water partition coefficient (Wildman–Crippen LogP) is 2.41. The summed E-state index contributed by atoms with van der Waals surface area (Å²) < 4.78 is 18.7. The average molecular weight is 254 g/mol. The van der Waals surface area contributed by atoms with Gasteiger partial charge in [-0.3, -0.25) is 0 Å². The van der Waals surface area contributed by atoms with E-state index in [1.54, 1.807) is 6.07 Å². The molecule has 0 radical (unpaired) electrons. The summed E-state index contributed by atoms with van der Waals surface area (Å²) in [6.45, 7) is 6.15. The molecule has 0 spiro atoms. The van der Waals surface area contributed by atoms with Crippen molar-refractivity contribution in [3.8, 4) is 0 Å². The van der Waals surface area contributed by atoms with Crippen LogP contribution in [0.1, 0.15) is 19.4 Å². The lowest BCUT2D eigenvalue weighted by Crippen LogP contribution is -2.25. The van der Waals surface area contributed by atoms with Gasteiger partial charge in [0.05, 0.1) is 12.7 Å². The summed E-state index contributed by atoms with van der Waals surface area (Å²) in [6, 6.07) is 4.89. The number of halogens is 1. The summed E-state index contributed by atoms with van der Waals surface area (Å²) in [6.07, 6.45) is 0.239. The summed E-state index contributed by atoms with van der Waals surface area (Å²) in [5.74, 6) is -0.198. The van der Waals surface area contributed by atoms with Crippen molar-refractivity contribution in [3.63, 3.8) is 0 Å². The minimum absolute atomic E-state index is 0.198. The van der Waals surface area contributed by atoms with Gasteiger partial charge in [-0.05, 0) is 44.7 Å². The molecular formula is C14H23FN2O. The van der Waals surface area contributed by atoms with Crippen LogP contribution in [0.3, 0.4) is 0 Å². The van der Waals surface area contributed by atoms with E-state index < -0.39 is 0 Å². The van der Waals surface area contributed by atoms with Crippen molar-refractivity contribution in [3.05, 3.63) is 29.6 Å². The van der Waals surface area contributed by atoms with Crippen molar-refractivity contribution in [1.29, 1.82) is 0 Å². The Hall–Kier alpha value is -1.13. The van der Waals surface area contributed by atoms with Gasteiger partial charge in [-0.1, -0.05) is 0 Å². The maximum Gasteiger partial charge on any atom is 0.123 e. The van der Waals surface area contributed by atoms with E-state index >= 15 is 0 Å². The molecule has 0 fully saturated rings. The second kappa shape index (κ2) is 7.34. The van der Waals surface area contributed by atoms with Crippen LogP contribution in [0.4, 0.5) is 10.1 Å². The lowest BCUT2D eigenvalue weighted by Gasteiger charge is -2.23. The van der Waals surface area contributed by atoms with E-state index in [0.717, 1.165) is 17.8 Å². The normalized spacial score (nSPS) is 11.0.